The minimum Gasteiger partial charge on any atom is -0.479 e. The Morgan fingerprint density at radius 1 is 1.06 bits per heavy atom. The highest BCUT2D eigenvalue weighted by molar-refractivity contribution is 9.10. The van der Waals surface area contributed by atoms with Gasteiger partial charge in [0.05, 0.1) is 16.8 Å². The van der Waals surface area contributed by atoms with E-state index in [0.29, 0.717) is 17.0 Å². The van der Waals surface area contributed by atoms with Crippen LogP contribution in [0.4, 0.5) is 5.69 Å². The largest absolute Gasteiger partial charge is 0.479 e. The van der Waals surface area contributed by atoms with Crippen LogP contribution in [0.25, 0.3) is 0 Å². The third kappa shape index (κ3) is 6.65. The summed E-state index contributed by atoms with van der Waals surface area (Å²) in [6.45, 7) is -0.513. The first-order valence-corrected chi connectivity index (χ1v) is 11.9. The first-order valence-electron chi connectivity index (χ1n) is 9.65. The number of rotatable bonds is 9. The average Bonchev–Trinajstić information content (AvgIpc) is 2.83. The number of nitriles is 1. The molecule has 0 bridgehead atoms. The second kappa shape index (κ2) is 11.3. The van der Waals surface area contributed by atoms with Crippen molar-refractivity contribution < 1.29 is 17.9 Å². The molecule has 33 heavy (non-hydrogen) atoms. The number of nitrogens with zero attached hydrogens (tertiary/aromatic N) is 3. The monoisotopic (exact) mass is 526 g/mol. The van der Waals surface area contributed by atoms with Crippen molar-refractivity contribution in [2.75, 3.05) is 17.5 Å². The fraction of sp³-hybridized carbons (Fsp3) is 0.0870. The number of hydrogen-bond acceptors (Lipinski definition) is 6. The van der Waals surface area contributed by atoms with Crippen LogP contribution in [0.1, 0.15) is 5.56 Å². The fourth-order valence-electron chi connectivity index (χ4n) is 2.75. The first-order chi connectivity index (χ1) is 15.9. The molecule has 3 aromatic rings. The van der Waals surface area contributed by atoms with Gasteiger partial charge in [-0.3, -0.25) is 9.10 Å². The molecule has 0 fully saturated rings. The van der Waals surface area contributed by atoms with Crippen molar-refractivity contribution in [1.29, 1.82) is 5.26 Å². The van der Waals surface area contributed by atoms with Crippen molar-refractivity contribution in [3.63, 3.8) is 0 Å². The molecule has 0 saturated carbocycles. The van der Waals surface area contributed by atoms with Crippen LogP contribution < -0.4 is 14.5 Å². The lowest BCUT2D eigenvalue weighted by atomic mass is 10.2. The number of hydrazone groups is 1. The highest BCUT2D eigenvalue weighted by atomic mass is 79.9. The van der Waals surface area contributed by atoms with Gasteiger partial charge in [-0.05, 0) is 66.2 Å². The smallest absolute Gasteiger partial charge is 0.264 e. The minimum absolute atomic E-state index is 0.0513. The predicted molar refractivity (Wildman–Crippen MR) is 128 cm³/mol. The maximum Gasteiger partial charge on any atom is 0.264 e. The molecule has 1 amide bonds. The summed E-state index contributed by atoms with van der Waals surface area (Å²) in [6, 6.07) is 23.1. The van der Waals surface area contributed by atoms with E-state index in [9.17, 15) is 13.2 Å². The Hall–Kier alpha value is -3.68. The highest BCUT2D eigenvalue weighted by Gasteiger charge is 2.27. The molecular formula is C23H19BrN4O4S. The van der Waals surface area contributed by atoms with Crippen LogP contribution in [0.15, 0.2) is 93.3 Å². The molecule has 0 aliphatic rings. The van der Waals surface area contributed by atoms with Crippen molar-refractivity contribution >= 4 is 43.8 Å². The average molecular weight is 527 g/mol. The van der Waals surface area contributed by atoms with Gasteiger partial charge < -0.3 is 4.74 Å². The van der Waals surface area contributed by atoms with E-state index < -0.39 is 22.5 Å². The van der Waals surface area contributed by atoms with Gasteiger partial charge in [-0.15, -0.1) is 0 Å². The van der Waals surface area contributed by atoms with Gasteiger partial charge >= 0.3 is 0 Å². The number of anilines is 1. The minimum atomic E-state index is -3.98. The van der Waals surface area contributed by atoms with Crippen LogP contribution >= 0.6 is 15.9 Å². The molecule has 1 N–H and O–H groups in total. The third-order valence-electron chi connectivity index (χ3n) is 4.32. The van der Waals surface area contributed by atoms with Gasteiger partial charge in [0.2, 0.25) is 0 Å². The Kier molecular flexibility index (Phi) is 8.18. The molecule has 3 rings (SSSR count). The summed E-state index contributed by atoms with van der Waals surface area (Å²) in [7, 11) is -3.98. The van der Waals surface area contributed by atoms with E-state index in [2.05, 4.69) is 26.5 Å². The molecule has 0 saturated heterocycles. The Morgan fingerprint density at radius 3 is 2.36 bits per heavy atom. The summed E-state index contributed by atoms with van der Waals surface area (Å²) in [6.07, 6.45) is 1.42. The summed E-state index contributed by atoms with van der Waals surface area (Å²) in [5, 5.41) is 12.4. The second-order valence-electron chi connectivity index (χ2n) is 6.61. The lowest BCUT2D eigenvalue weighted by Crippen LogP contribution is -2.39. The van der Waals surface area contributed by atoms with Gasteiger partial charge in [0.1, 0.15) is 18.4 Å². The number of benzene rings is 3. The number of carbonyl (C=O) groups excluding carboxylic acids is 1. The number of ether oxygens (including phenoxy) is 1. The van der Waals surface area contributed by atoms with Gasteiger partial charge in [0, 0.05) is 4.47 Å². The molecule has 0 aromatic heterocycles. The number of amides is 1. The van der Waals surface area contributed by atoms with Gasteiger partial charge in [0.25, 0.3) is 15.9 Å². The second-order valence-corrected chi connectivity index (χ2v) is 9.39. The quantitative estimate of drug-likeness (QED) is 0.337. The Morgan fingerprint density at radius 2 is 1.73 bits per heavy atom. The summed E-state index contributed by atoms with van der Waals surface area (Å²) in [5.74, 6) is -0.0726. The zero-order valence-corrected chi connectivity index (χ0v) is 19.7. The van der Waals surface area contributed by atoms with Gasteiger partial charge in [-0.1, -0.05) is 34.1 Å². The molecular weight excluding hydrogens is 508 g/mol. The van der Waals surface area contributed by atoms with Gasteiger partial charge in [0.15, 0.2) is 6.61 Å². The molecule has 0 aliphatic carbocycles. The van der Waals surface area contributed by atoms with E-state index in [1.54, 1.807) is 66.7 Å². The molecule has 0 heterocycles. The molecule has 0 unspecified atom stereocenters. The standard InChI is InChI=1S/C23H19BrN4O4S/c24-19-8-10-20(11-9-19)28(33(30,31)22-4-2-1-3-5-22)17-23(29)27-26-16-18-6-12-21(13-7-18)32-15-14-25/h1-13,16H,15,17H2,(H,27,29)/b26-16-. The van der Waals surface area contributed by atoms with Crippen LogP contribution in [0.3, 0.4) is 0 Å². The van der Waals surface area contributed by atoms with Crippen molar-refractivity contribution in [2.45, 2.75) is 4.90 Å². The van der Waals surface area contributed by atoms with Crippen molar-refractivity contribution in [3.8, 4) is 11.8 Å². The Balaban J connectivity index is 1.73. The van der Waals surface area contributed by atoms with Gasteiger partial charge in [-0.25, -0.2) is 13.8 Å². The molecule has 0 spiro atoms. The maximum atomic E-state index is 13.2. The number of halogens is 1. The zero-order chi connectivity index (χ0) is 23.7. The van der Waals surface area contributed by atoms with Crippen molar-refractivity contribution in [3.05, 3.63) is 88.9 Å². The zero-order valence-electron chi connectivity index (χ0n) is 17.3. The number of carbonyl (C=O) groups is 1. The van der Waals surface area contributed by atoms with Crippen LogP contribution in [0.2, 0.25) is 0 Å². The van der Waals surface area contributed by atoms with E-state index in [1.807, 2.05) is 6.07 Å². The summed E-state index contributed by atoms with van der Waals surface area (Å²) in [4.78, 5) is 12.6. The first kappa shape index (κ1) is 24.0. The van der Waals surface area contributed by atoms with E-state index >= 15 is 0 Å². The van der Waals surface area contributed by atoms with Crippen LogP contribution in [0, 0.1) is 11.3 Å². The molecule has 8 nitrogen and oxygen atoms in total. The van der Waals surface area contributed by atoms with E-state index in [4.69, 9.17) is 10.00 Å². The molecule has 168 valence electrons. The lowest BCUT2D eigenvalue weighted by Gasteiger charge is -2.23. The van der Waals surface area contributed by atoms with Crippen LogP contribution in [-0.4, -0.2) is 33.7 Å². The number of sulfonamides is 1. The normalized spacial score (nSPS) is 11.0. The summed E-state index contributed by atoms with van der Waals surface area (Å²) < 4.78 is 33.4. The maximum absolute atomic E-state index is 13.2. The predicted octanol–water partition coefficient (Wildman–Crippen LogP) is 3.70. The highest BCUT2D eigenvalue weighted by Crippen LogP contribution is 2.25. The third-order valence-corrected chi connectivity index (χ3v) is 6.64. The van der Waals surface area contributed by atoms with E-state index in [0.717, 1.165) is 8.78 Å². The lowest BCUT2D eigenvalue weighted by molar-refractivity contribution is -0.119. The van der Waals surface area contributed by atoms with Crippen molar-refractivity contribution in [1.82, 2.24) is 5.43 Å². The topological polar surface area (TPSA) is 112 Å². The SMILES string of the molecule is N#CCOc1ccc(/C=N\NC(=O)CN(c2ccc(Br)cc2)S(=O)(=O)c2ccccc2)cc1. The van der Waals surface area contributed by atoms with E-state index in [1.165, 1.54) is 18.3 Å². The molecule has 0 aliphatic heterocycles. The fourth-order valence-corrected chi connectivity index (χ4v) is 4.46. The molecule has 10 heteroatoms. The summed E-state index contributed by atoms with van der Waals surface area (Å²) in [5.41, 5.74) is 3.38. The van der Waals surface area contributed by atoms with E-state index in [-0.39, 0.29) is 11.5 Å². The number of nitrogens with one attached hydrogen (secondary N) is 1. The summed E-state index contributed by atoms with van der Waals surface area (Å²) >= 11 is 3.33. The molecule has 3 aromatic carbocycles. The molecule has 0 atom stereocenters. The van der Waals surface area contributed by atoms with Crippen molar-refractivity contribution in [2.24, 2.45) is 5.10 Å². The number of hydrogen-bond donors (Lipinski definition) is 1. The Bertz CT molecular complexity index is 1260. The van der Waals surface area contributed by atoms with Crippen LogP contribution in [-0.2, 0) is 14.8 Å². The Labute approximate surface area is 200 Å². The van der Waals surface area contributed by atoms with Gasteiger partial charge in [-0.2, -0.15) is 10.4 Å². The molecule has 0 radical (unpaired) electrons. The van der Waals surface area contributed by atoms with Crippen LogP contribution in [0.5, 0.6) is 5.75 Å².